The van der Waals surface area contributed by atoms with Gasteiger partial charge in [0.15, 0.2) is 0 Å². The van der Waals surface area contributed by atoms with Crippen molar-refractivity contribution in [2.24, 2.45) is 0 Å². The summed E-state index contributed by atoms with van der Waals surface area (Å²) in [5.74, 6) is 0.782. The maximum absolute atomic E-state index is 7.06. The van der Waals surface area contributed by atoms with Gasteiger partial charge in [-0.15, -0.1) is 0 Å². The molecule has 58 valence electrons. The summed E-state index contributed by atoms with van der Waals surface area (Å²) in [5, 5.41) is 10.1. The van der Waals surface area contributed by atoms with Crippen LogP contribution in [0, 0.1) is 5.41 Å². The van der Waals surface area contributed by atoms with Gasteiger partial charge in [-0.05, 0) is 19.1 Å². The lowest BCUT2D eigenvalue weighted by Crippen LogP contribution is -2.02. The second-order valence-corrected chi connectivity index (χ2v) is 2.12. The summed E-state index contributed by atoms with van der Waals surface area (Å²) in [7, 11) is 0. The van der Waals surface area contributed by atoms with Crippen molar-refractivity contribution in [3.05, 3.63) is 23.9 Å². The van der Waals surface area contributed by atoms with Crippen molar-refractivity contribution in [3.8, 4) is 0 Å². The van der Waals surface area contributed by atoms with E-state index in [4.69, 9.17) is 5.41 Å². The van der Waals surface area contributed by atoms with Gasteiger partial charge in [0.2, 0.25) is 0 Å². The third kappa shape index (κ3) is 1.77. The van der Waals surface area contributed by atoms with Crippen molar-refractivity contribution < 1.29 is 0 Å². The highest BCUT2D eigenvalue weighted by molar-refractivity contribution is 5.83. The van der Waals surface area contributed by atoms with Gasteiger partial charge < -0.3 is 10.7 Å². The average Bonchev–Trinajstić information content (AvgIpc) is 2.06. The standard InChI is InChI=1S/C8H11N3/c1-2-10-8-7(6-9)4-3-5-11-8/h3-6,9H,2H2,1H3,(H,10,11). The van der Waals surface area contributed by atoms with Crippen LogP contribution >= 0.6 is 0 Å². The molecule has 0 aliphatic heterocycles. The maximum atomic E-state index is 7.06. The van der Waals surface area contributed by atoms with Crippen LogP contribution in [0.4, 0.5) is 5.82 Å². The second kappa shape index (κ2) is 3.71. The van der Waals surface area contributed by atoms with Crippen LogP contribution in [0.2, 0.25) is 0 Å². The molecule has 0 atom stereocenters. The number of pyridine rings is 1. The molecule has 1 aromatic heterocycles. The van der Waals surface area contributed by atoms with E-state index in [-0.39, 0.29) is 0 Å². The van der Waals surface area contributed by atoms with E-state index in [1.54, 1.807) is 6.20 Å². The molecule has 3 nitrogen and oxygen atoms in total. The van der Waals surface area contributed by atoms with Crippen molar-refractivity contribution in [2.45, 2.75) is 6.92 Å². The highest BCUT2D eigenvalue weighted by Crippen LogP contribution is 2.06. The SMILES string of the molecule is CCNc1ncccc1C=N. The monoisotopic (exact) mass is 149 g/mol. The molecule has 0 aliphatic carbocycles. The number of hydrogen-bond acceptors (Lipinski definition) is 3. The van der Waals surface area contributed by atoms with E-state index in [0.717, 1.165) is 17.9 Å². The highest BCUT2D eigenvalue weighted by Gasteiger charge is 1.95. The summed E-state index contributed by atoms with van der Waals surface area (Å²) in [6.07, 6.45) is 3.01. The fourth-order valence-electron chi connectivity index (χ4n) is 0.849. The molecule has 1 rings (SSSR count). The van der Waals surface area contributed by atoms with E-state index in [1.165, 1.54) is 6.21 Å². The molecule has 0 amide bonds. The van der Waals surface area contributed by atoms with E-state index < -0.39 is 0 Å². The number of nitrogens with zero attached hydrogens (tertiary/aromatic N) is 1. The Hall–Kier alpha value is -1.38. The first-order valence-electron chi connectivity index (χ1n) is 3.58. The molecule has 0 aromatic carbocycles. The average molecular weight is 149 g/mol. The number of hydrogen-bond donors (Lipinski definition) is 2. The minimum absolute atomic E-state index is 0.782. The van der Waals surface area contributed by atoms with E-state index in [1.807, 2.05) is 19.1 Å². The zero-order valence-corrected chi connectivity index (χ0v) is 6.46. The van der Waals surface area contributed by atoms with Crippen molar-refractivity contribution in [1.29, 1.82) is 5.41 Å². The molecule has 11 heavy (non-hydrogen) atoms. The predicted molar refractivity (Wildman–Crippen MR) is 46.3 cm³/mol. The molecule has 0 radical (unpaired) electrons. The van der Waals surface area contributed by atoms with Gasteiger partial charge in [0, 0.05) is 24.5 Å². The molecule has 1 aromatic rings. The van der Waals surface area contributed by atoms with Gasteiger partial charge >= 0.3 is 0 Å². The number of rotatable bonds is 3. The minimum atomic E-state index is 0.782. The fourth-order valence-corrected chi connectivity index (χ4v) is 0.849. The smallest absolute Gasteiger partial charge is 0.134 e. The van der Waals surface area contributed by atoms with Crippen molar-refractivity contribution in [2.75, 3.05) is 11.9 Å². The maximum Gasteiger partial charge on any atom is 0.134 e. The quantitative estimate of drug-likeness (QED) is 0.640. The number of aromatic nitrogens is 1. The molecular weight excluding hydrogens is 138 g/mol. The van der Waals surface area contributed by atoms with Gasteiger partial charge in [-0.3, -0.25) is 0 Å². The Morgan fingerprint density at radius 1 is 1.73 bits per heavy atom. The zero-order chi connectivity index (χ0) is 8.10. The van der Waals surface area contributed by atoms with Crippen LogP contribution in [-0.4, -0.2) is 17.7 Å². The lowest BCUT2D eigenvalue weighted by molar-refractivity contribution is 1.15. The molecule has 0 spiro atoms. The van der Waals surface area contributed by atoms with Gasteiger partial charge in [-0.2, -0.15) is 0 Å². The lowest BCUT2D eigenvalue weighted by atomic mass is 10.3. The summed E-state index contributed by atoms with van der Waals surface area (Å²) < 4.78 is 0. The fraction of sp³-hybridized carbons (Fsp3) is 0.250. The Labute approximate surface area is 66.0 Å². The van der Waals surface area contributed by atoms with Crippen LogP contribution < -0.4 is 5.32 Å². The Bertz CT molecular complexity index is 245. The Morgan fingerprint density at radius 3 is 3.18 bits per heavy atom. The van der Waals surface area contributed by atoms with Gasteiger partial charge in [0.05, 0.1) is 0 Å². The molecule has 0 saturated carbocycles. The molecule has 1 heterocycles. The van der Waals surface area contributed by atoms with Crippen LogP contribution in [0.15, 0.2) is 18.3 Å². The summed E-state index contributed by atoms with van der Waals surface area (Å²) in [6, 6.07) is 3.68. The van der Waals surface area contributed by atoms with Gasteiger partial charge in [0.1, 0.15) is 5.82 Å². The topological polar surface area (TPSA) is 48.8 Å². The Kier molecular flexibility index (Phi) is 2.60. The van der Waals surface area contributed by atoms with E-state index in [9.17, 15) is 0 Å². The van der Waals surface area contributed by atoms with Gasteiger partial charge in [-0.1, -0.05) is 0 Å². The summed E-state index contributed by atoms with van der Waals surface area (Å²) in [4.78, 5) is 4.08. The molecule has 0 bridgehead atoms. The first-order valence-corrected chi connectivity index (χ1v) is 3.58. The molecule has 0 aliphatic rings. The van der Waals surface area contributed by atoms with E-state index >= 15 is 0 Å². The van der Waals surface area contributed by atoms with Crippen LogP contribution in [0.3, 0.4) is 0 Å². The van der Waals surface area contributed by atoms with Crippen molar-refractivity contribution >= 4 is 12.0 Å². The molecule has 0 unspecified atom stereocenters. The van der Waals surface area contributed by atoms with E-state index in [0.29, 0.717) is 0 Å². The first-order chi connectivity index (χ1) is 5.38. The Morgan fingerprint density at radius 2 is 2.55 bits per heavy atom. The zero-order valence-electron chi connectivity index (χ0n) is 6.46. The van der Waals surface area contributed by atoms with Crippen LogP contribution in [0.25, 0.3) is 0 Å². The molecular formula is C8H11N3. The first kappa shape index (κ1) is 7.72. The molecule has 2 N–H and O–H groups in total. The second-order valence-electron chi connectivity index (χ2n) is 2.12. The normalized spacial score (nSPS) is 9.18. The molecule has 0 fully saturated rings. The third-order valence-electron chi connectivity index (χ3n) is 1.34. The largest absolute Gasteiger partial charge is 0.370 e. The van der Waals surface area contributed by atoms with E-state index in [2.05, 4.69) is 10.3 Å². The van der Waals surface area contributed by atoms with Crippen LogP contribution in [0.1, 0.15) is 12.5 Å². The molecule has 3 heteroatoms. The number of anilines is 1. The minimum Gasteiger partial charge on any atom is -0.370 e. The summed E-state index contributed by atoms with van der Waals surface area (Å²) in [6.45, 7) is 2.83. The Balaban J connectivity index is 2.92. The summed E-state index contributed by atoms with van der Waals surface area (Å²) in [5.41, 5.74) is 0.828. The van der Waals surface area contributed by atoms with Gasteiger partial charge in [-0.25, -0.2) is 4.98 Å². The predicted octanol–water partition coefficient (Wildman–Crippen LogP) is 1.51. The molecule has 0 saturated heterocycles. The number of nitrogens with one attached hydrogen (secondary N) is 2. The van der Waals surface area contributed by atoms with Gasteiger partial charge in [0.25, 0.3) is 0 Å². The highest BCUT2D eigenvalue weighted by atomic mass is 15.0. The van der Waals surface area contributed by atoms with Crippen molar-refractivity contribution in [1.82, 2.24) is 4.98 Å². The van der Waals surface area contributed by atoms with Crippen LogP contribution in [0.5, 0.6) is 0 Å². The third-order valence-corrected chi connectivity index (χ3v) is 1.34. The lowest BCUT2D eigenvalue weighted by Gasteiger charge is -2.03. The van der Waals surface area contributed by atoms with Crippen molar-refractivity contribution in [3.63, 3.8) is 0 Å². The van der Waals surface area contributed by atoms with Crippen LogP contribution in [-0.2, 0) is 0 Å². The summed E-state index contributed by atoms with van der Waals surface area (Å²) >= 11 is 0.